The fourth-order valence-electron chi connectivity index (χ4n) is 1.13. The number of rotatable bonds is 2. The first-order chi connectivity index (χ1) is 4.70. The third-order valence-corrected chi connectivity index (χ3v) is 1.98. The maximum absolute atomic E-state index is 11.1. The quantitative estimate of drug-likeness (QED) is 0.514. The lowest BCUT2D eigenvalue weighted by atomic mass is 10.1. The van der Waals surface area contributed by atoms with Crippen molar-refractivity contribution >= 4 is 5.78 Å². The highest BCUT2D eigenvalue weighted by atomic mass is 16.6. The summed E-state index contributed by atoms with van der Waals surface area (Å²) in [7, 11) is 0. The monoisotopic (exact) mass is 142 g/mol. The Labute approximate surface area is 59.3 Å². The third kappa shape index (κ3) is 0.859. The average molecular weight is 142 g/mol. The first-order valence-corrected chi connectivity index (χ1v) is 3.55. The number of hydrogen-bond acceptors (Lipinski definition) is 3. The molecule has 3 nitrogen and oxygen atoms in total. The normalized spacial score (nSPS) is 50.6. The van der Waals surface area contributed by atoms with Crippen LogP contribution in [0.25, 0.3) is 0 Å². The predicted octanol–water partition coefficient (Wildman–Crippen LogP) is 0.130. The van der Waals surface area contributed by atoms with Crippen molar-refractivity contribution in [3.63, 3.8) is 0 Å². The van der Waals surface area contributed by atoms with Gasteiger partial charge >= 0.3 is 0 Å². The molecule has 2 aliphatic heterocycles. The number of carbonyl (C=O) groups excluding carboxylic acids is 1. The first kappa shape index (κ1) is 6.31. The van der Waals surface area contributed by atoms with Crippen molar-refractivity contribution in [1.29, 1.82) is 0 Å². The van der Waals surface area contributed by atoms with Gasteiger partial charge in [-0.1, -0.05) is 0 Å². The Balaban J connectivity index is 1.89. The summed E-state index contributed by atoms with van der Waals surface area (Å²) in [5.41, 5.74) is 0. The number of ether oxygens (including phenoxy) is 2. The summed E-state index contributed by atoms with van der Waals surface area (Å²) in [6, 6.07) is 0. The first-order valence-electron chi connectivity index (χ1n) is 3.55. The van der Waals surface area contributed by atoms with E-state index in [4.69, 9.17) is 9.47 Å². The second-order valence-corrected chi connectivity index (χ2v) is 2.93. The van der Waals surface area contributed by atoms with Crippen LogP contribution in [-0.2, 0) is 14.3 Å². The number of hydrogen-bond donors (Lipinski definition) is 0. The molecular formula is C7H10O3. The standard InChI is InChI=1S/C7H10O3/c1-3-6(9-3)5(8)7-4(2)10-7/h3-4,6-7H,1-2H3/t3-,4-,6+,7+/m0/s1. The fraction of sp³-hybridized carbons (Fsp3) is 0.857. The van der Waals surface area contributed by atoms with Gasteiger partial charge in [0.25, 0.3) is 0 Å². The third-order valence-electron chi connectivity index (χ3n) is 1.98. The minimum absolute atomic E-state index is 0.125. The Morgan fingerprint density at radius 2 is 1.40 bits per heavy atom. The molecule has 4 atom stereocenters. The zero-order chi connectivity index (χ0) is 7.30. The van der Waals surface area contributed by atoms with Crippen molar-refractivity contribution in [1.82, 2.24) is 0 Å². The fourth-order valence-corrected chi connectivity index (χ4v) is 1.13. The minimum Gasteiger partial charge on any atom is -0.361 e. The van der Waals surface area contributed by atoms with E-state index in [2.05, 4.69) is 0 Å². The summed E-state index contributed by atoms with van der Waals surface area (Å²) >= 11 is 0. The molecule has 0 N–H and O–H groups in total. The van der Waals surface area contributed by atoms with E-state index in [0.29, 0.717) is 0 Å². The number of carbonyl (C=O) groups is 1. The molecule has 10 heavy (non-hydrogen) atoms. The van der Waals surface area contributed by atoms with E-state index in [-0.39, 0.29) is 30.2 Å². The van der Waals surface area contributed by atoms with Crippen molar-refractivity contribution in [3.05, 3.63) is 0 Å². The van der Waals surface area contributed by atoms with Gasteiger partial charge in [0.1, 0.15) is 12.2 Å². The number of epoxide rings is 2. The molecule has 0 aromatic rings. The van der Waals surface area contributed by atoms with Crippen LogP contribution in [0.15, 0.2) is 0 Å². The molecule has 2 fully saturated rings. The summed E-state index contributed by atoms with van der Waals surface area (Å²) in [6.45, 7) is 3.80. The summed E-state index contributed by atoms with van der Waals surface area (Å²) in [5, 5.41) is 0. The van der Waals surface area contributed by atoms with Crippen molar-refractivity contribution in [2.75, 3.05) is 0 Å². The Morgan fingerprint density at radius 1 is 1.10 bits per heavy atom. The Bertz CT molecular complexity index is 160. The molecular weight excluding hydrogens is 132 g/mol. The second-order valence-electron chi connectivity index (χ2n) is 2.93. The predicted molar refractivity (Wildman–Crippen MR) is 33.7 cm³/mol. The van der Waals surface area contributed by atoms with Gasteiger partial charge in [-0.3, -0.25) is 4.79 Å². The van der Waals surface area contributed by atoms with Crippen LogP contribution in [-0.4, -0.2) is 30.2 Å². The molecule has 0 aromatic heterocycles. The molecule has 0 saturated carbocycles. The van der Waals surface area contributed by atoms with Gasteiger partial charge < -0.3 is 9.47 Å². The van der Waals surface area contributed by atoms with E-state index in [1.807, 2.05) is 13.8 Å². The van der Waals surface area contributed by atoms with Crippen LogP contribution in [0.2, 0.25) is 0 Å². The van der Waals surface area contributed by atoms with Gasteiger partial charge in [0.05, 0.1) is 12.2 Å². The number of Topliss-reactive ketones (excluding diaryl/α,β-unsaturated/α-hetero) is 1. The summed E-state index contributed by atoms with van der Waals surface area (Å²) in [6.07, 6.45) is -0.0577. The lowest BCUT2D eigenvalue weighted by Gasteiger charge is -1.84. The molecule has 56 valence electrons. The zero-order valence-electron chi connectivity index (χ0n) is 6.03. The lowest BCUT2D eigenvalue weighted by molar-refractivity contribution is -0.121. The van der Waals surface area contributed by atoms with E-state index in [1.165, 1.54) is 0 Å². The number of ketones is 1. The summed E-state index contributed by atoms with van der Waals surface area (Å²) in [5.74, 6) is 0.125. The topological polar surface area (TPSA) is 42.1 Å². The van der Waals surface area contributed by atoms with Crippen LogP contribution < -0.4 is 0 Å². The lowest BCUT2D eigenvalue weighted by Crippen LogP contribution is -2.16. The van der Waals surface area contributed by atoms with Crippen molar-refractivity contribution in [2.45, 2.75) is 38.3 Å². The molecule has 0 bridgehead atoms. The van der Waals surface area contributed by atoms with Crippen molar-refractivity contribution in [3.8, 4) is 0 Å². The van der Waals surface area contributed by atoms with E-state index < -0.39 is 0 Å². The van der Waals surface area contributed by atoms with Gasteiger partial charge in [0.15, 0.2) is 5.78 Å². The maximum Gasteiger partial charge on any atom is 0.195 e. The summed E-state index contributed by atoms with van der Waals surface area (Å²) < 4.78 is 10.00. The molecule has 0 radical (unpaired) electrons. The highest BCUT2D eigenvalue weighted by Crippen LogP contribution is 2.31. The van der Waals surface area contributed by atoms with Gasteiger partial charge in [-0.15, -0.1) is 0 Å². The van der Waals surface area contributed by atoms with E-state index in [9.17, 15) is 4.79 Å². The molecule has 0 amide bonds. The van der Waals surface area contributed by atoms with Crippen molar-refractivity contribution in [2.24, 2.45) is 0 Å². The molecule has 3 heteroatoms. The van der Waals surface area contributed by atoms with Crippen LogP contribution in [0.1, 0.15) is 13.8 Å². The van der Waals surface area contributed by atoms with Crippen LogP contribution in [0.4, 0.5) is 0 Å². The van der Waals surface area contributed by atoms with Crippen molar-refractivity contribution < 1.29 is 14.3 Å². The largest absolute Gasteiger partial charge is 0.361 e. The average Bonchev–Trinajstić information content (AvgIpc) is 2.70. The van der Waals surface area contributed by atoms with Gasteiger partial charge in [-0.25, -0.2) is 0 Å². The molecule has 0 unspecified atom stereocenters. The maximum atomic E-state index is 11.1. The van der Waals surface area contributed by atoms with Gasteiger partial charge in [0, 0.05) is 0 Å². The van der Waals surface area contributed by atoms with E-state index in [1.54, 1.807) is 0 Å². The van der Waals surface area contributed by atoms with Crippen LogP contribution in [0.3, 0.4) is 0 Å². The second kappa shape index (κ2) is 1.80. The van der Waals surface area contributed by atoms with Crippen LogP contribution >= 0.6 is 0 Å². The zero-order valence-corrected chi connectivity index (χ0v) is 6.03. The minimum atomic E-state index is -0.157. The molecule has 2 rings (SSSR count). The summed E-state index contributed by atoms with van der Waals surface area (Å²) in [4.78, 5) is 11.1. The molecule has 0 aromatic carbocycles. The van der Waals surface area contributed by atoms with Gasteiger partial charge in [0.2, 0.25) is 0 Å². The van der Waals surface area contributed by atoms with E-state index in [0.717, 1.165) is 0 Å². The smallest absolute Gasteiger partial charge is 0.195 e. The molecule has 2 aliphatic rings. The molecule has 0 aliphatic carbocycles. The SMILES string of the molecule is C[C@@H]1O[C@H]1C(=O)[C@@H]1O[C@H]1C. The van der Waals surface area contributed by atoms with Gasteiger partial charge in [-0.05, 0) is 13.8 Å². The molecule has 0 spiro atoms. The Kier molecular flexibility index (Phi) is 1.13. The highest BCUT2D eigenvalue weighted by molar-refractivity contribution is 5.92. The van der Waals surface area contributed by atoms with Crippen LogP contribution in [0.5, 0.6) is 0 Å². The highest BCUT2D eigenvalue weighted by Gasteiger charge is 2.52. The Hall–Kier alpha value is -0.410. The van der Waals surface area contributed by atoms with Crippen LogP contribution in [0, 0.1) is 0 Å². The Morgan fingerprint density at radius 3 is 1.60 bits per heavy atom. The molecule has 2 heterocycles. The van der Waals surface area contributed by atoms with E-state index >= 15 is 0 Å². The molecule has 2 saturated heterocycles. The van der Waals surface area contributed by atoms with Gasteiger partial charge in [-0.2, -0.15) is 0 Å².